The number of hydrogen-bond donors (Lipinski definition) is 1. The van der Waals surface area contributed by atoms with Gasteiger partial charge >= 0.3 is 0 Å². The van der Waals surface area contributed by atoms with E-state index in [-0.39, 0.29) is 0 Å². The first-order valence-electron chi connectivity index (χ1n) is 5.52. The van der Waals surface area contributed by atoms with Gasteiger partial charge in [0, 0.05) is 29.2 Å². The molecule has 0 aliphatic rings. The Labute approximate surface area is 108 Å². The molecule has 0 bridgehead atoms. The summed E-state index contributed by atoms with van der Waals surface area (Å²) in [6, 6.07) is 9.18. The average Bonchev–Trinajstić information content (AvgIpc) is 2.80. The zero-order valence-electron chi connectivity index (χ0n) is 9.52. The van der Waals surface area contributed by atoms with Crippen molar-refractivity contribution in [3.8, 4) is 5.75 Å². The van der Waals surface area contributed by atoms with Crippen molar-refractivity contribution < 1.29 is 5.11 Å². The number of aromatic hydroxyl groups is 1. The Morgan fingerprint density at radius 3 is 2.94 bits per heavy atom. The number of fused-ring (bicyclic) bond motifs is 1. The van der Waals surface area contributed by atoms with Crippen LogP contribution in [-0.4, -0.2) is 19.5 Å². The van der Waals surface area contributed by atoms with Gasteiger partial charge in [0.05, 0.1) is 5.69 Å². The van der Waals surface area contributed by atoms with Gasteiger partial charge in [-0.2, -0.15) is 0 Å². The van der Waals surface area contributed by atoms with Crippen molar-refractivity contribution in [1.29, 1.82) is 0 Å². The van der Waals surface area contributed by atoms with E-state index in [0.717, 1.165) is 10.6 Å². The SMILES string of the molecule is Oc1ccccc1SCc1cn2cccnc2n1. The summed E-state index contributed by atoms with van der Waals surface area (Å²) >= 11 is 1.56. The van der Waals surface area contributed by atoms with Crippen LogP contribution in [0.15, 0.2) is 53.8 Å². The topological polar surface area (TPSA) is 50.4 Å². The Kier molecular flexibility index (Phi) is 2.90. The minimum absolute atomic E-state index is 0.310. The Morgan fingerprint density at radius 1 is 1.22 bits per heavy atom. The normalized spacial score (nSPS) is 10.9. The molecule has 18 heavy (non-hydrogen) atoms. The number of nitrogens with zero attached hydrogens (tertiary/aromatic N) is 3. The first-order chi connectivity index (χ1) is 8.83. The fourth-order valence-electron chi connectivity index (χ4n) is 1.68. The monoisotopic (exact) mass is 257 g/mol. The summed E-state index contributed by atoms with van der Waals surface area (Å²) in [4.78, 5) is 9.44. The molecule has 3 aromatic rings. The maximum atomic E-state index is 9.67. The predicted octanol–water partition coefficient (Wildman–Crippen LogP) is 2.73. The fourth-order valence-corrected chi connectivity index (χ4v) is 2.51. The average molecular weight is 257 g/mol. The van der Waals surface area contributed by atoms with Crippen molar-refractivity contribution in [3.05, 3.63) is 54.6 Å². The van der Waals surface area contributed by atoms with E-state index in [1.54, 1.807) is 24.0 Å². The van der Waals surface area contributed by atoms with Gasteiger partial charge < -0.3 is 5.11 Å². The molecule has 5 heteroatoms. The van der Waals surface area contributed by atoms with Gasteiger partial charge in [0.15, 0.2) is 0 Å². The van der Waals surface area contributed by atoms with Gasteiger partial charge in [-0.25, -0.2) is 9.97 Å². The number of aromatic nitrogens is 3. The summed E-state index contributed by atoms with van der Waals surface area (Å²) in [6.07, 6.45) is 5.60. The van der Waals surface area contributed by atoms with Gasteiger partial charge in [0.2, 0.25) is 5.78 Å². The van der Waals surface area contributed by atoms with Crippen molar-refractivity contribution in [2.24, 2.45) is 0 Å². The second-order valence-electron chi connectivity index (χ2n) is 3.82. The molecule has 0 aliphatic heterocycles. The lowest BCUT2D eigenvalue weighted by atomic mass is 10.3. The molecule has 0 saturated heterocycles. The van der Waals surface area contributed by atoms with E-state index in [1.165, 1.54) is 0 Å². The minimum Gasteiger partial charge on any atom is -0.507 e. The van der Waals surface area contributed by atoms with E-state index in [4.69, 9.17) is 0 Å². The summed E-state index contributed by atoms with van der Waals surface area (Å²) < 4.78 is 1.89. The second-order valence-corrected chi connectivity index (χ2v) is 4.83. The van der Waals surface area contributed by atoms with E-state index in [9.17, 15) is 5.11 Å². The summed E-state index contributed by atoms with van der Waals surface area (Å²) in [5.41, 5.74) is 0.946. The number of hydrogen-bond acceptors (Lipinski definition) is 4. The molecular formula is C13H11N3OS. The molecule has 1 N–H and O–H groups in total. The number of para-hydroxylation sites is 1. The highest BCUT2D eigenvalue weighted by Gasteiger charge is 2.05. The van der Waals surface area contributed by atoms with E-state index in [0.29, 0.717) is 17.3 Å². The van der Waals surface area contributed by atoms with Crippen molar-refractivity contribution >= 4 is 17.5 Å². The zero-order chi connectivity index (χ0) is 12.4. The zero-order valence-corrected chi connectivity index (χ0v) is 10.3. The van der Waals surface area contributed by atoms with Crippen LogP contribution in [0, 0.1) is 0 Å². The Morgan fingerprint density at radius 2 is 2.11 bits per heavy atom. The van der Waals surface area contributed by atoms with E-state index in [2.05, 4.69) is 9.97 Å². The van der Waals surface area contributed by atoms with Crippen LogP contribution in [0.25, 0.3) is 5.78 Å². The standard InChI is InChI=1S/C13H11N3OS/c17-11-4-1-2-5-12(11)18-9-10-8-16-7-3-6-14-13(16)15-10/h1-8,17H,9H2. The second kappa shape index (κ2) is 4.70. The van der Waals surface area contributed by atoms with Crippen LogP contribution in [0.3, 0.4) is 0 Å². The quantitative estimate of drug-likeness (QED) is 0.733. The van der Waals surface area contributed by atoms with Crippen LogP contribution in [0.4, 0.5) is 0 Å². The molecule has 0 fully saturated rings. The molecule has 0 amide bonds. The van der Waals surface area contributed by atoms with Gasteiger partial charge in [-0.1, -0.05) is 12.1 Å². The van der Waals surface area contributed by atoms with Crippen molar-refractivity contribution in [2.75, 3.05) is 0 Å². The van der Waals surface area contributed by atoms with Gasteiger partial charge in [0.25, 0.3) is 0 Å². The highest BCUT2D eigenvalue weighted by atomic mass is 32.2. The molecule has 0 radical (unpaired) electrons. The molecule has 1 aromatic carbocycles. The molecule has 0 aliphatic carbocycles. The van der Waals surface area contributed by atoms with Gasteiger partial charge in [-0.05, 0) is 18.2 Å². The molecule has 0 spiro atoms. The third-order valence-electron chi connectivity index (χ3n) is 2.53. The number of phenols is 1. The molecule has 4 nitrogen and oxygen atoms in total. The lowest BCUT2D eigenvalue weighted by Gasteiger charge is -2.01. The molecule has 3 rings (SSSR count). The Balaban J connectivity index is 1.79. The third-order valence-corrected chi connectivity index (χ3v) is 3.62. The lowest BCUT2D eigenvalue weighted by molar-refractivity contribution is 0.462. The van der Waals surface area contributed by atoms with Crippen LogP contribution in [0.5, 0.6) is 5.75 Å². The van der Waals surface area contributed by atoms with Crippen molar-refractivity contribution in [3.63, 3.8) is 0 Å². The van der Waals surface area contributed by atoms with E-state index >= 15 is 0 Å². The molecule has 2 aromatic heterocycles. The van der Waals surface area contributed by atoms with E-state index in [1.807, 2.05) is 41.1 Å². The van der Waals surface area contributed by atoms with Crippen LogP contribution < -0.4 is 0 Å². The summed E-state index contributed by atoms with van der Waals surface area (Å²) in [5, 5.41) is 9.67. The molecule has 90 valence electrons. The first kappa shape index (κ1) is 11.1. The molecule has 2 heterocycles. The summed E-state index contributed by atoms with van der Waals surface area (Å²) in [5.74, 6) is 1.72. The van der Waals surface area contributed by atoms with Crippen LogP contribution >= 0.6 is 11.8 Å². The van der Waals surface area contributed by atoms with Gasteiger partial charge in [-0.15, -0.1) is 11.8 Å². The fraction of sp³-hybridized carbons (Fsp3) is 0.0769. The highest BCUT2D eigenvalue weighted by Crippen LogP contribution is 2.29. The molecule has 0 atom stereocenters. The number of thioether (sulfide) groups is 1. The maximum absolute atomic E-state index is 9.67. The third kappa shape index (κ3) is 2.17. The first-order valence-corrected chi connectivity index (χ1v) is 6.51. The lowest BCUT2D eigenvalue weighted by Crippen LogP contribution is -1.83. The Hall–Kier alpha value is -2.01. The highest BCUT2D eigenvalue weighted by molar-refractivity contribution is 7.98. The maximum Gasteiger partial charge on any atom is 0.233 e. The number of phenolic OH excluding ortho intramolecular Hbond substituents is 1. The number of rotatable bonds is 3. The van der Waals surface area contributed by atoms with Gasteiger partial charge in [-0.3, -0.25) is 4.40 Å². The number of benzene rings is 1. The van der Waals surface area contributed by atoms with Crippen LogP contribution in [-0.2, 0) is 5.75 Å². The predicted molar refractivity (Wildman–Crippen MR) is 70.7 cm³/mol. The minimum atomic E-state index is 0.310. The van der Waals surface area contributed by atoms with Crippen molar-refractivity contribution in [2.45, 2.75) is 10.6 Å². The van der Waals surface area contributed by atoms with Crippen LogP contribution in [0.1, 0.15) is 5.69 Å². The van der Waals surface area contributed by atoms with E-state index < -0.39 is 0 Å². The molecule has 0 unspecified atom stereocenters. The molecule has 0 saturated carbocycles. The Bertz CT molecular complexity index is 648. The van der Waals surface area contributed by atoms with Crippen molar-refractivity contribution in [1.82, 2.24) is 14.4 Å². The van der Waals surface area contributed by atoms with Gasteiger partial charge in [0.1, 0.15) is 5.75 Å². The summed E-state index contributed by atoms with van der Waals surface area (Å²) in [7, 11) is 0. The number of imidazole rings is 1. The molecular weight excluding hydrogens is 246 g/mol. The van der Waals surface area contributed by atoms with Crippen LogP contribution in [0.2, 0.25) is 0 Å². The smallest absolute Gasteiger partial charge is 0.233 e. The largest absolute Gasteiger partial charge is 0.507 e. The summed E-state index contributed by atoms with van der Waals surface area (Å²) in [6.45, 7) is 0.